The van der Waals surface area contributed by atoms with Gasteiger partial charge in [-0.25, -0.2) is 0 Å². The van der Waals surface area contributed by atoms with Crippen LogP contribution in [0.15, 0.2) is 28.3 Å². The van der Waals surface area contributed by atoms with Crippen LogP contribution < -0.4 is 8.83 Å². The van der Waals surface area contributed by atoms with Crippen LogP contribution in [0.2, 0.25) is 0 Å². The molecule has 1 aromatic carbocycles. The third kappa shape index (κ3) is 2.90. The first-order valence-corrected chi connectivity index (χ1v) is 8.67. The fraction of sp³-hybridized carbons (Fsp3) is 0.429. The number of hydrogen-bond donors (Lipinski definition) is 1. The first-order valence-electron chi connectivity index (χ1n) is 5.92. The maximum absolute atomic E-state index is 3.58. The van der Waals surface area contributed by atoms with Gasteiger partial charge in [0, 0.05) is 0 Å². The van der Waals surface area contributed by atoms with Crippen LogP contribution in [0.4, 0.5) is 0 Å². The average Bonchev–Trinajstić information content (AvgIpc) is 2.61. The number of fused-ring (bicyclic) bond motifs is 1. The van der Waals surface area contributed by atoms with Crippen molar-refractivity contribution < 1.29 is 0 Å². The first kappa shape index (κ1) is 12.2. The standard InChI is InChI=1S/C14H19N.Sb/c1-11(2)15-13(4)10-12(3)14-8-6-5-7-9-14;/h3,5-8,11,13,15H,10H2,1-2,4H3;. The van der Waals surface area contributed by atoms with Gasteiger partial charge >= 0.3 is 109 Å². The van der Waals surface area contributed by atoms with Gasteiger partial charge in [0.1, 0.15) is 0 Å². The van der Waals surface area contributed by atoms with Crippen LogP contribution in [0.5, 0.6) is 0 Å². The molecule has 0 saturated carbocycles. The molecule has 1 radical (unpaired) electrons. The summed E-state index contributed by atoms with van der Waals surface area (Å²) in [6.07, 6.45) is 1.17. The molecule has 0 aliphatic carbocycles. The molecule has 1 aliphatic heterocycles. The third-order valence-corrected chi connectivity index (χ3v) is 5.92. The van der Waals surface area contributed by atoms with Gasteiger partial charge in [-0.05, 0) is 0 Å². The molecule has 1 atom stereocenters. The summed E-state index contributed by atoms with van der Waals surface area (Å²) >= 11 is -0.214. The zero-order valence-electron chi connectivity index (χ0n) is 10.2. The van der Waals surface area contributed by atoms with Gasteiger partial charge < -0.3 is 0 Å². The molecule has 1 heterocycles. The van der Waals surface area contributed by atoms with Crippen molar-refractivity contribution in [2.24, 2.45) is 0 Å². The van der Waals surface area contributed by atoms with Crippen molar-refractivity contribution in [2.45, 2.75) is 39.3 Å². The molecule has 1 aromatic rings. The van der Waals surface area contributed by atoms with Gasteiger partial charge in [0.15, 0.2) is 0 Å². The van der Waals surface area contributed by atoms with Gasteiger partial charge in [-0.15, -0.1) is 0 Å². The molecule has 2 heteroatoms. The van der Waals surface area contributed by atoms with Crippen LogP contribution in [-0.4, -0.2) is 33.7 Å². The van der Waals surface area contributed by atoms with E-state index in [1.165, 1.54) is 12.0 Å². The Morgan fingerprint density at radius 1 is 1.19 bits per heavy atom. The molecule has 2 rings (SSSR count). The predicted molar refractivity (Wildman–Crippen MR) is 72.2 cm³/mol. The van der Waals surface area contributed by atoms with Crippen molar-refractivity contribution in [3.8, 4) is 0 Å². The monoisotopic (exact) mass is 322 g/mol. The molecule has 0 fully saturated rings. The van der Waals surface area contributed by atoms with Crippen LogP contribution >= 0.6 is 0 Å². The summed E-state index contributed by atoms with van der Waals surface area (Å²) in [7, 11) is 0. The van der Waals surface area contributed by atoms with E-state index in [9.17, 15) is 0 Å². The fourth-order valence-electron chi connectivity index (χ4n) is 2.20. The van der Waals surface area contributed by atoms with Crippen molar-refractivity contribution in [3.05, 3.63) is 33.9 Å². The Hall–Kier alpha value is -0.262. The van der Waals surface area contributed by atoms with Gasteiger partial charge in [0.25, 0.3) is 0 Å². The SMILES string of the molecule is CC(C)NC(C)CC1=[CH][Sb][c]2ccccc21. The molecule has 1 unspecified atom stereocenters. The van der Waals surface area contributed by atoms with E-state index in [4.69, 9.17) is 0 Å². The molecule has 16 heavy (non-hydrogen) atoms. The number of rotatable bonds is 4. The van der Waals surface area contributed by atoms with Crippen LogP contribution in [0.25, 0.3) is 5.57 Å². The molecule has 85 valence electrons. The van der Waals surface area contributed by atoms with E-state index in [0.29, 0.717) is 12.1 Å². The van der Waals surface area contributed by atoms with E-state index in [0.717, 1.165) is 0 Å². The molecule has 0 saturated heterocycles. The molecule has 1 nitrogen and oxygen atoms in total. The van der Waals surface area contributed by atoms with Crippen LogP contribution in [0.3, 0.4) is 0 Å². The summed E-state index contributed by atoms with van der Waals surface area (Å²) in [5.41, 5.74) is 3.10. The minimum atomic E-state index is -0.214. The first-order chi connectivity index (χ1) is 7.66. The Kier molecular flexibility index (Phi) is 4.10. The molecular formula is C14H19NSb. The van der Waals surface area contributed by atoms with Gasteiger partial charge in [-0.1, -0.05) is 0 Å². The Balaban J connectivity index is 2.03. The van der Waals surface area contributed by atoms with Crippen LogP contribution in [-0.2, 0) is 0 Å². The zero-order valence-corrected chi connectivity index (χ0v) is 12.7. The maximum atomic E-state index is 3.58. The van der Waals surface area contributed by atoms with E-state index >= 15 is 0 Å². The van der Waals surface area contributed by atoms with E-state index in [2.05, 4.69) is 54.4 Å². The summed E-state index contributed by atoms with van der Waals surface area (Å²) in [5, 5.41) is 3.58. The van der Waals surface area contributed by atoms with Crippen molar-refractivity contribution in [1.82, 2.24) is 5.32 Å². The van der Waals surface area contributed by atoms with Crippen LogP contribution in [0, 0.1) is 0 Å². The summed E-state index contributed by atoms with van der Waals surface area (Å²) in [6.45, 7) is 6.70. The number of benzene rings is 1. The fourth-order valence-corrected chi connectivity index (χ4v) is 5.25. The third-order valence-electron chi connectivity index (χ3n) is 2.75. The average molecular weight is 323 g/mol. The summed E-state index contributed by atoms with van der Waals surface area (Å²) in [5.74, 6) is 0. The van der Waals surface area contributed by atoms with Gasteiger partial charge in [-0.2, -0.15) is 0 Å². The second-order valence-electron chi connectivity index (χ2n) is 4.73. The van der Waals surface area contributed by atoms with Gasteiger partial charge in [0.05, 0.1) is 0 Å². The van der Waals surface area contributed by atoms with Gasteiger partial charge in [-0.3, -0.25) is 0 Å². The molecule has 0 bridgehead atoms. The van der Waals surface area contributed by atoms with Crippen molar-refractivity contribution >= 4 is 30.7 Å². The van der Waals surface area contributed by atoms with E-state index in [1.54, 1.807) is 9.08 Å². The Bertz CT molecular complexity index is 395. The topological polar surface area (TPSA) is 12.0 Å². The molecule has 1 N–H and O–H groups in total. The Morgan fingerprint density at radius 3 is 2.69 bits per heavy atom. The summed E-state index contributed by atoms with van der Waals surface area (Å²) in [6, 6.07) is 10.1. The second kappa shape index (κ2) is 5.38. The molecule has 1 aliphatic rings. The summed E-state index contributed by atoms with van der Waals surface area (Å²) < 4.78 is 4.16. The number of hydrogen-bond acceptors (Lipinski definition) is 1. The molecule has 0 aromatic heterocycles. The van der Waals surface area contributed by atoms with E-state index in [1.807, 2.05) is 0 Å². The Morgan fingerprint density at radius 2 is 1.94 bits per heavy atom. The summed E-state index contributed by atoms with van der Waals surface area (Å²) in [4.78, 5) is 0. The number of nitrogens with one attached hydrogen (secondary N) is 1. The van der Waals surface area contributed by atoms with E-state index in [-0.39, 0.29) is 21.6 Å². The molecule has 0 spiro atoms. The Labute approximate surface area is 109 Å². The second-order valence-corrected chi connectivity index (χ2v) is 7.58. The van der Waals surface area contributed by atoms with Crippen molar-refractivity contribution in [1.29, 1.82) is 0 Å². The quantitative estimate of drug-likeness (QED) is 0.838. The molecular weight excluding hydrogens is 304 g/mol. The van der Waals surface area contributed by atoms with Crippen molar-refractivity contribution in [3.63, 3.8) is 0 Å². The van der Waals surface area contributed by atoms with Crippen LogP contribution in [0.1, 0.15) is 32.8 Å². The molecule has 0 amide bonds. The van der Waals surface area contributed by atoms with Gasteiger partial charge in [0.2, 0.25) is 0 Å². The minimum absolute atomic E-state index is 0.214. The predicted octanol–water partition coefficient (Wildman–Crippen LogP) is 2.15. The zero-order chi connectivity index (χ0) is 11.5. The normalized spacial score (nSPS) is 16.1. The van der Waals surface area contributed by atoms with E-state index < -0.39 is 0 Å². The van der Waals surface area contributed by atoms with Crippen molar-refractivity contribution in [2.75, 3.05) is 0 Å².